The maximum atomic E-state index is 12.4. The van der Waals surface area contributed by atoms with E-state index < -0.39 is 0 Å². The number of pyridine rings is 1. The number of nitrogens with zero attached hydrogens (tertiary/aromatic N) is 4. The van der Waals surface area contributed by atoms with E-state index >= 15 is 0 Å². The van der Waals surface area contributed by atoms with Crippen molar-refractivity contribution in [2.75, 3.05) is 45.9 Å². The summed E-state index contributed by atoms with van der Waals surface area (Å²) in [5.41, 5.74) is 0.894. The van der Waals surface area contributed by atoms with Gasteiger partial charge in [-0.2, -0.15) is 0 Å². The van der Waals surface area contributed by atoms with Crippen LogP contribution < -0.4 is 0 Å². The van der Waals surface area contributed by atoms with Crippen LogP contribution >= 0.6 is 11.6 Å². The van der Waals surface area contributed by atoms with Gasteiger partial charge < -0.3 is 9.64 Å². The fraction of sp³-hybridized carbons (Fsp3) is 0.533. The molecule has 1 aromatic heterocycles. The Kier molecular flexibility index (Phi) is 5.09. The van der Waals surface area contributed by atoms with Crippen LogP contribution in [0.5, 0.6) is 0 Å². The number of urea groups is 1. The highest BCUT2D eigenvalue weighted by Crippen LogP contribution is 2.15. The van der Waals surface area contributed by atoms with Gasteiger partial charge in [-0.15, -0.1) is 0 Å². The highest BCUT2D eigenvalue weighted by Gasteiger charge is 2.33. The van der Waals surface area contributed by atoms with Gasteiger partial charge in [-0.1, -0.05) is 17.7 Å². The molecule has 2 fully saturated rings. The SMILES string of the molecule is O=C(CN1CCOCC1)N1CCN(Cc2ccc(Cl)nc2)C1=O. The van der Waals surface area contributed by atoms with E-state index in [1.165, 1.54) is 4.90 Å². The van der Waals surface area contributed by atoms with E-state index in [1.807, 2.05) is 11.0 Å². The number of ether oxygens (including phenoxy) is 1. The summed E-state index contributed by atoms with van der Waals surface area (Å²) < 4.78 is 5.26. The largest absolute Gasteiger partial charge is 0.379 e. The van der Waals surface area contributed by atoms with Crippen molar-refractivity contribution in [1.82, 2.24) is 19.7 Å². The molecule has 2 aliphatic rings. The van der Waals surface area contributed by atoms with Crippen LogP contribution in [0.3, 0.4) is 0 Å². The molecule has 2 saturated heterocycles. The first-order valence-electron chi connectivity index (χ1n) is 7.63. The van der Waals surface area contributed by atoms with Crippen LogP contribution in [0.1, 0.15) is 5.56 Å². The van der Waals surface area contributed by atoms with Crippen LogP contribution in [0.4, 0.5) is 4.79 Å². The summed E-state index contributed by atoms with van der Waals surface area (Å²) in [4.78, 5) is 33.7. The Morgan fingerprint density at radius 2 is 2.00 bits per heavy atom. The average molecular weight is 339 g/mol. The Labute approximate surface area is 139 Å². The number of rotatable bonds is 4. The van der Waals surface area contributed by atoms with E-state index in [0.717, 1.165) is 18.7 Å². The van der Waals surface area contributed by atoms with E-state index in [2.05, 4.69) is 4.98 Å². The molecule has 3 heterocycles. The first kappa shape index (κ1) is 16.2. The van der Waals surface area contributed by atoms with Crippen LogP contribution in [0, 0.1) is 0 Å². The smallest absolute Gasteiger partial charge is 0.327 e. The predicted octanol–water partition coefficient (Wildman–Crippen LogP) is 0.831. The van der Waals surface area contributed by atoms with E-state index in [9.17, 15) is 9.59 Å². The second kappa shape index (κ2) is 7.25. The van der Waals surface area contributed by atoms with Crippen molar-refractivity contribution in [1.29, 1.82) is 0 Å². The van der Waals surface area contributed by atoms with Gasteiger partial charge in [-0.25, -0.2) is 9.78 Å². The number of carbonyl (C=O) groups is 2. The minimum Gasteiger partial charge on any atom is -0.379 e. The van der Waals surface area contributed by atoms with E-state index in [4.69, 9.17) is 16.3 Å². The summed E-state index contributed by atoms with van der Waals surface area (Å²) in [6.45, 7) is 4.41. The summed E-state index contributed by atoms with van der Waals surface area (Å²) >= 11 is 5.76. The highest BCUT2D eigenvalue weighted by atomic mass is 35.5. The Hall–Kier alpha value is -1.70. The predicted molar refractivity (Wildman–Crippen MR) is 84.0 cm³/mol. The topological polar surface area (TPSA) is 66.0 Å². The Morgan fingerprint density at radius 1 is 1.22 bits per heavy atom. The van der Waals surface area contributed by atoms with Crippen molar-refractivity contribution in [3.63, 3.8) is 0 Å². The molecule has 0 aromatic carbocycles. The fourth-order valence-electron chi connectivity index (χ4n) is 2.72. The molecule has 8 heteroatoms. The number of hydrogen-bond donors (Lipinski definition) is 0. The number of aromatic nitrogens is 1. The molecule has 0 saturated carbocycles. The van der Waals surface area contributed by atoms with Crippen molar-refractivity contribution < 1.29 is 14.3 Å². The molecule has 0 N–H and O–H groups in total. The van der Waals surface area contributed by atoms with Crippen LogP contribution in [-0.4, -0.2) is 77.6 Å². The lowest BCUT2D eigenvalue weighted by atomic mass is 10.3. The number of imide groups is 1. The zero-order valence-corrected chi connectivity index (χ0v) is 13.5. The summed E-state index contributed by atoms with van der Waals surface area (Å²) in [5, 5.41) is 0.420. The van der Waals surface area contributed by atoms with Gasteiger partial charge in [-0.05, 0) is 11.6 Å². The van der Waals surface area contributed by atoms with Crippen LogP contribution in [-0.2, 0) is 16.1 Å². The molecular formula is C15H19ClN4O3. The van der Waals surface area contributed by atoms with Crippen molar-refractivity contribution in [3.8, 4) is 0 Å². The van der Waals surface area contributed by atoms with Gasteiger partial charge in [0.15, 0.2) is 0 Å². The van der Waals surface area contributed by atoms with Gasteiger partial charge >= 0.3 is 6.03 Å². The van der Waals surface area contributed by atoms with Gasteiger partial charge in [0, 0.05) is 38.9 Å². The summed E-state index contributed by atoms with van der Waals surface area (Å²) in [6.07, 6.45) is 1.65. The van der Waals surface area contributed by atoms with E-state index in [-0.39, 0.29) is 18.5 Å². The van der Waals surface area contributed by atoms with Crippen molar-refractivity contribution in [2.24, 2.45) is 0 Å². The van der Waals surface area contributed by atoms with Crippen molar-refractivity contribution >= 4 is 23.5 Å². The standard InChI is InChI=1S/C15H19ClN4O3/c16-13-2-1-12(9-17-13)10-19-3-4-20(15(19)22)14(21)11-18-5-7-23-8-6-18/h1-2,9H,3-8,10-11H2. The zero-order chi connectivity index (χ0) is 16.2. The lowest BCUT2D eigenvalue weighted by Crippen LogP contribution is -2.46. The monoisotopic (exact) mass is 338 g/mol. The van der Waals surface area contributed by atoms with E-state index in [1.54, 1.807) is 17.2 Å². The third-order valence-corrected chi connectivity index (χ3v) is 4.24. The highest BCUT2D eigenvalue weighted by molar-refractivity contribution is 6.29. The molecule has 0 spiro atoms. The summed E-state index contributed by atoms with van der Waals surface area (Å²) in [7, 11) is 0. The van der Waals surface area contributed by atoms with Crippen molar-refractivity contribution in [3.05, 3.63) is 29.0 Å². The Morgan fingerprint density at radius 3 is 2.70 bits per heavy atom. The Bertz CT molecular complexity index is 575. The fourth-order valence-corrected chi connectivity index (χ4v) is 2.83. The molecule has 3 rings (SSSR count). The molecule has 23 heavy (non-hydrogen) atoms. The molecule has 1 aromatic rings. The molecule has 0 unspecified atom stereocenters. The Balaban J connectivity index is 1.55. The van der Waals surface area contributed by atoms with E-state index in [0.29, 0.717) is 38.0 Å². The molecule has 0 bridgehead atoms. The van der Waals surface area contributed by atoms with Gasteiger partial charge in [-0.3, -0.25) is 14.6 Å². The maximum absolute atomic E-state index is 12.4. The molecule has 7 nitrogen and oxygen atoms in total. The van der Waals surface area contributed by atoms with Crippen molar-refractivity contribution in [2.45, 2.75) is 6.54 Å². The van der Waals surface area contributed by atoms with Crippen LogP contribution in [0.2, 0.25) is 5.15 Å². The second-order valence-electron chi connectivity index (χ2n) is 5.63. The minimum absolute atomic E-state index is 0.145. The van der Waals surface area contributed by atoms with Crippen LogP contribution in [0.25, 0.3) is 0 Å². The van der Waals surface area contributed by atoms with Gasteiger partial charge in [0.05, 0.1) is 19.8 Å². The average Bonchev–Trinajstić information content (AvgIpc) is 2.91. The quantitative estimate of drug-likeness (QED) is 0.761. The number of halogens is 1. The first-order chi connectivity index (χ1) is 11.1. The molecule has 0 radical (unpaired) electrons. The van der Waals surface area contributed by atoms with Gasteiger partial charge in [0.25, 0.3) is 0 Å². The molecular weight excluding hydrogens is 320 g/mol. The number of hydrogen-bond acceptors (Lipinski definition) is 5. The summed E-state index contributed by atoms with van der Waals surface area (Å²) in [6, 6.07) is 3.29. The minimum atomic E-state index is -0.238. The normalized spacial score (nSPS) is 19.4. The molecule has 124 valence electrons. The molecule has 0 aliphatic carbocycles. The van der Waals surface area contributed by atoms with Crippen LogP contribution in [0.15, 0.2) is 18.3 Å². The first-order valence-corrected chi connectivity index (χ1v) is 8.01. The second-order valence-corrected chi connectivity index (χ2v) is 6.01. The molecule has 0 atom stereocenters. The third kappa shape index (κ3) is 3.99. The maximum Gasteiger partial charge on any atom is 0.327 e. The third-order valence-electron chi connectivity index (χ3n) is 4.02. The number of carbonyl (C=O) groups excluding carboxylic acids is 2. The summed E-state index contributed by atoms with van der Waals surface area (Å²) in [5.74, 6) is -0.145. The van der Waals surface area contributed by atoms with Gasteiger partial charge in [0.2, 0.25) is 5.91 Å². The van der Waals surface area contributed by atoms with Gasteiger partial charge in [0.1, 0.15) is 5.15 Å². The zero-order valence-electron chi connectivity index (χ0n) is 12.8. The molecule has 3 amide bonds. The molecule has 2 aliphatic heterocycles. The lowest BCUT2D eigenvalue weighted by molar-refractivity contribution is -0.129. The number of morpholine rings is 1. The lowest BCUT2D eigenvalue weighted by Gasteiger charge is -2.27. The number of amides is 3.